The average Bonchev–Trinajstić information content (AvgIpc) is 3.31. The Bertz CT molecular complexity index is 1050. The highest BCUT2D eigenvalue weighted by Crippen LogP contribution is 2.39. The minimum atomic E-state index is -0.386. The molecular formula is C24H28N4O4. The first-order valence-electron chi connectivity index (χ1n) is 10.8. The lowest BCUT2D eigenvalue weighted by Crippen LogP contribution is -2.34. The third kappa shape index (κ3) is 4.63. The molecule has 0 radical (unpaired) electrons. The summed E-state index contributed by atoms with van der Waals surface area (Å²) in [5, 5.41) is 12.7. The fourth-order valence-corrected chi connectivity index (χ4v) is 4.17. The first-order chi connectivity index (χ1) is 15.4. The first-order valence-corrected chi connectivity index (χ1v) is 10.8. The SMILES string of the molecule is COc1cccc(NC(=O)COc2nc(N3CCCC3)c3c(c2C#N)CC(C)(C)OC3)c1. The van der Waals surface area contributed by atoms with Crippen molar-refractivity contribution in [2.75, 3.05) is 37.0 Å². The van der Waals surface area contributed by atoms with Gasteiger partial charge in [0.25, 0.3) is 5.91 Å². The topological polar surface area (TPSA) is 96.7 Å². The number of nitriles is 1. The number of amides is 1. The highest BCUT2D eigenvalue weighted by atomic mass is 16.5. The van der Waals surface area contributed by atoms with Crippen molar-refractivity contribution in [3.05, 3.63) is 41.0 Å². The molecule has 1 amide bonds. The number of carbonyl (C=O) groups is 1. The molecular weight excluding hydrogens is 408 g/mol. The van der Waals surface area contributed by atoms with Crippen LogP contribution < -0.4 is 19.7 Å². The van der Waals surface area contributed by atoms with Crippen LogP contribution in [0.1, 0.15) is 43.4 Å². The van der Waals surface area contributed by atoms with E-state index in [-0.39, 0.29) is 24.0 Å². The van der Waals surface area contributed by atoms with Crippen molar-refractivity contribution in [3.8, 4) is 17.7 Å². The second kappa shape index (κ2) is 9.05. The predicted octanol–water partition coefficient (Wildman–Crippen LogP) is 3.43. The van der Waals surface area contributed by atoms with Crippen LogP contribution in [0.2, 0.25) is 0 Å². The zero-order valence-electron chi connectivity index (χ0n) is 18.7. The minimum Gasteiger partial charge on any atom is -0.497 e. The molecule has 2 aliphatic rings. The van der Waals surface area contributed by atoms with Gasteiger partial charge in [-0.05, 0) is 44.4 Å². The van der Waals surface area contributed by atoms with Crippen molar-refractivity contribution in [2.45, 2.75) is 45.3 Å². The number of rotatable bonds is 6. The van der Waals surface area contributed by atoms with Crippen molar-refractivity contribution < 1.29 is 19.0 Å². The standard InChI is InChI=1S/C24H28N4O4/c1-24(2)12-18-19(13-25)23(27-22(20(18)14-32-24)28-9-4-5-10-28)31-15-21(29)26-16-7-6-8-17(11-16)30-3/h6-8,11H,4-5,9-10,12,14-15H2,1-3H3,(H,26,29). The molecule has 168 valence electrons. The van der Waals surface area contributed by atoms with Crippen LogP contribution in [-0.4, -0.2) is 43.3 Å². The van der Waals surface area contributed by atoms with Gasteiger partial charge < -0.3 is 24.4 Å². The van der Waals surface area contributed by atoms with Crippen LogP contribution in [0.4, 0.5) is 11.5 Å². The van der Waals surface area contributed by atoms with Crippen LogP contribution in [0.15, 0.2) is 24.3 Å². The number of nitrogens with one attached hydrogen (secondary N) is 1. The van der Waals surface area contributed by atoms with Gasteiger partial charge in [0.15, 0.2) is 6.61 Å². The van der Waals surface area contributed by atoms with Crippen LogP contribution in [0.5, 0.6) is 11.6 Å². The van der Waals surface area contributed by atoms with Gasteiger partial charge in [-0.15, -0.1) is 0 Å². The monoisotopic (exact) mass is 436 g/mol. The molecule has 0 aliphatic carbocycles. The van der Waals surface area contributed by atoms with E-state index in [9.17, 15) is 10.1 Å². The second-order valence-corrected chi connectivity index (χ2v) is 8.67. The van der Waals surface area contributed by atoms with Crippen molar-refractivity contribution in [2.24, 2.45) is 0 Å². The van der Waals surface area contributed by atoms with Gasteiger partial charge >= 0.3 is 0 Å². The summed E-state index contributed by atoms with van der Waals surface area (Å²) in [7, 11) is 1.57. The van der Waals surface area contributed by atoms with E-state index in [1.54, 1.807) is 31.4 Å². The molecule has 1 saturated heterocycles. The highest BCUT2D eigenvalue weighted by molar-refractivity contribution is 5.92. The maximum absolute atomic E-state index is 12.5. The zero-order chi connectivity index (χ0) is 22.7. The van der Waals surface area contributed by atoms with Gasteiger partial charge in [0, 0.05) is 36.8 Å². The van der Waals surface area contributed by atoms with Gasteiger partial charge in [0.1, 0.15) is 23.2 Å². The van der Waals surface area contributed by atoms with Gasteiger partial charge in [-0.1, -0.05) is 6.07 Å². The Morgan fingerprint density at radius 3 is 2.81 bits per heavy atom. The van der Waals surface area contributed by atoms with E-state index in [0.717, 1.165) is 42.9 Å². The maximum Gasteiger partial charge on any atom is 0.262 e. The molecule has 1 aromatic heterocycles. The number of fused-ring (bicyclic) bond motifs is 1. The lowest BCUT2D eigenvalue weighted by molar-refractivity contribution is -0.118. The summed E-state index contributed by atoms with van der Waals surface area (Å²) in [6.07, 6.45) is 2.78. The predicted molar refractivity (Wildman–Crippen MR) is 120 cm³/mol. The third-order valence-electron chi connectivity index (χ3n) is 5.78. The Balaban J connectivity index is 1.59. The third-order valence-corrected chi connectivity index (χ3v) is 5.78. The normalized spacial score (nSPS) is 16.8. The number of hydrogen-bond donors (Lipinski definition) is 1. The number of methoxy groups -OCH3 is 1. The Kier molecular flexibility index (Phi) is 6.19. The number of ether oxygens (including phenoxy) is 3. The van der Waals surface area contributed by atoms with Gasteiger partial charge in [-0.25, -0.2) is 0 Å². The van der Waals surface area contributed by atoms with E-state index in [4.69, 9.17) is 19.2 Å². The molecule has 2 aromatic rings. The quantitative estimate of drug-likeness (QED) is 0.741. The van der Waals surface area contributed by atoms with Crippen LogP contribution >= 0.6 is 0 Å². The largest absolute Gasteiger partial charge is 0.497 e. The van der Waals surface area contributed by atoms with E-state index >= 15 is 0 Å². The number of nitrogens with zero attached hydrogens (tertiary/aromatic N) is 3. The summed E-state index contributed by atoms with van der Waals surface area (Å²) in [5.74, 6) is 1.31. The van der Waals surface area contributed by atoms with Crippen LogP contribution in [0, 0.1) is 11.3 Å². The molecule has 0 atom stereocenters. The molecule has 1 aromatic carbocycles. The highest BCUT2D eigenvalue weighted by Gasteiger charge is 2.34. The van der Waals surface area contributed by atoms with Crippen LogP contribution in [0.3, 0.4) is 0 Å². The molecule has 2 aliphatic heterocycles. The number of anilines is 2. The van der Waals surface area contributed by atoms with E-state index in [2.05, 4.69) is 16.3 Å². The number of pyridine rings is 1. The summed E-state index contributed by atoms with van der Waals surface area (Å²) in [4.78, 5) is 19.4. The molecule has 0 spiro atoms. The molecule has 0 bridgehead atoms. The summed E-state index contributed by atoms with van der Waals surface area (Å²) >= 11 is 0. The van der Waals surface area contributed by atoms with Crippen LogP contribution in [0.25, 0.3) is 0 Å². The fraction of sp³-hybridized carbons (Fsp3) is 0.458. The number of benzene rings is 1. The van der Waals surface area contributed by atoms with Crippen LogP contribution in [-0.2, 0) is 22.6 Å². The molecule has 4 rings (SSSR count). The average molecular weight is 437 g/mol. The van der Waals surface area contributed by atoms with Gasteiger partial charge in [-0.3, -0.25) is 4.79 Å². The molecule has 1 N–H and O–H groups in total. The van der Waals surface area contributed by atoms with Crippen molar-refractivity contribution in [1.29, 1.82) is 5.26 Å². The number of aromatic nitrogens is 1. The molecule has 0 saturated carbocycles. The van der Waals surface area contributed by atoms with Gasteiger partial charge in [-0.2, -0.15) is 10.2 Å². The smallest absolute Gasteiger partial charge is 0.262 e. The minimum absolute atomic E-state index is 0.201. The Morgan fingerprint density at radius 1 is 1.31 bits per heavy atom. The van der Waals surface area contributed by atoms with E-state index in [1.807, 2.05) is 13.8 Å². The summed E-state index contributed by atoms with van der Waals surface area (Å²) < 4.78 is 17.0. The summed E-state index contributed by atoms with van der Waals surface area (Å²) in [6.45, 7) is 5.99. The van der Waals surface area contributed by atoms with E-state index in [1.165, 1.54) is 0 Å². The summed E-state index contributed by atoms with van der Waals surface area (Å²) in [5.41, 5.74) is 2.46. The number of carbonyl (C=O) groups excluding carboxylic acids is 1. The van der Waals surface area contributed by atoms with Crippen molar-refractivity contribution in [1.82, 2.24) is 4.98 Å². The molecule has 0 unspecified atom stereocenters. The summed E-state index contributed by atoms with van der Waals surface area (Å²) in [6, 6.07) is 9.34. The first kappa shape index (κ1) is 21.9. The van der Waals surface area contributed by atoms with E-state index < -0.39 is 0 Å². The Hall–Kier alpha value is -3.31. The Morgan fingerprint density at radius 2 is 2.09 bits per heavy atom. The van der Waals surface area contributed by atoms with Crippen molar-refractivity contribution in [3.63, 3.8) is 0 Å². The number of hydrogen-bond acceptors (Lipinski definition) is 7. The molecule has 8 nitrogen and oxygen atoms in total. The molecule has 1 fully saturated rings. The maximum atomic E-state index is 12.5. The zero-order valence-corrected chi connectivity index (χ0v) is 18.7. The molecule has 8 heteroatoms. The lowest BCUT2D eigenvalue weighted by atomic mass is 9.89. The van der Waals surface area contributed by atoms with Gasteiger partial charge in [0.2, 0.25) is 5.88 Å². The molecule has 3 heterocycles. The lowest BCUT2D eigenvalue weighted by Gasteiger charge is -2.35. The second-order valence-electron chi connectivity index (χ2n) is 8.67. The fourth-order valence-electron chi connectivity index (χ4n) is 4.17. The van der Waals surface area contributed by atoms with Crippen molar-refractivity contribution >= 4 is 17.4 Å². The van der Waals surface area contributed by atoms with Gasteiger partial charge in [0.05, 0.1) is 19.3 Å². The Labute approximate surface area is 188 Å². The van der Waals surface area contributed by atoms with E-state index in [0.29, 0.717) is 30.0 Å². The molecule has 32 heavy (non-hydrogen) atoms.